The van der Waals surface area contributed by atoms with Gasteiger partial charge in [0.05, 0.1) is 6.20 Å². The number of hydrogen-bond acceptors (Lipinski definition) is 6. The van der Waals surface area contributed by atoms with Gasteiger partial charge >= 0.3 is 0 Å². The number of aromatic nitrogens is 2. The van der Waals surface area contributed by atoms with Gasteiger partial charge in [-0.25, -0.2) is 13.4 Å². The third kappa shape index (κ3) is 3.47. The highest BCUT2D eigenvalue weighted by Crippen LogP contribution is 2.27. The van der Waals surface area contributed by atoms with E-state index in [2.05, 4.69) is 9.97 Å². The summed E-state index contributed by atoms with van der Waals surface area (Å²) in [6.07, 6.45) is 4.31. The van der Waals surface area contributed by atoms with E-state index >= 15 is 0 Å². The van der Waals surface area contributed by atoms with Crippen LogP contribution in [0.4, 0.5) is 0 Å². The minimum Gasteiger partial charge on any atom is -0.507 e. The Hall–Kier alpha value is -2.52. The molecule has 2 aromatic rings. The Bertz CT molecular complexity index is 878. The van der Waals surface area contributed by atoms with E-state index in [4.69, 9.17) is 0 Å². The number of phenolic OH excluding ortho intramolecular Hbond substituents is 1. The molecule has 1 aliphatic heterocycles. The fourth-order valence-electron chi connectivity index (χ4n) is 2.67. The molecular formula is C16H18N4O4S. The topological polar surface area (TPSA) is 104 Å². The number of carbonyl (C=O) groups is 1. The summed E-state index contributed by atoms with van der Waals surface area (Å²) in [5.41, 5.74) is 0.975. The highest BCUT2D eigenvalue weighted by Gasteiger charge is 2.32. The fraction of sp³-hybridized carbons (Fsp3) is 0.312. The van der Waals surface area contributed by atoms with Crippen molar-refractivity contribution in [2.24, 2.45) is 0 Å². The van der Waals surface area contributed by atoms with Crippen molar-refractivity contribution in [3.63, 3.8) is 0 Å². The quantitative estimate of drug-likeness (QED) is 0.859. The molecule has 132 valence electrons. The molecule has 1 aromatic heterocycles. The number of aromatic hydroxyl groups is 1. The molecule has 1 saturated heterocycles. The van der Waals surface area contributed by atoms with Crippen LogP contribution in [0.15, 0.2) is 41.7 Å². The van der Waals surface area contributed by atoms with Crippen molar-refractivity contribution in [2.45, 2.75) is 11.8 Å². The number of aryl methyl sites for hydroxylation is 1. The summed E-state index contributed by atoms with van der Waals surface area (Å²) < 4.78 is 26.8. The number of sulfonamides is 1. The van der Waals surface area contributed by atoms with Gasteiger partial charge < -0.3 is 10.0 Å². The second-order valence-electron chi connectivity index (χ2n) is 5.76. The van der Waals surface area contributed by atoms with Crippen LogP contribution in [0.5, 0.6) is 5.75 Å². The van der Waals surface area contributed by atoms with Crippen LogP contribution < -0.4 is 0 Å². The largest absolute Gasteiger partial charge is 0.507 e. The summed E-state index contributed by atoms with van der Waals surface area (Å²) in [6.45, 7) is 2.57. The average molecular weight is 362 g/mol. The molecule has 0 atom stereocenters. The van der Waals surface area contributed by atoms with E-state index in [1.54, 1.807) is 17.9 Å². The lowest BCUT2D eigenvalue weighted by atomic mass is 10.2. The molecule has 1 fully saturated rings. The van der Waals surface area contributed by atoms with Crippen LogP contribution in [-0.4, -0.2) is 64.8 Å². The molecule has 0 unspecified atom stereocenters. The lowest BCUT2D eigenvalue weighted by molar-refractivity contribution is 0.0691. The number of benzene rings is 1. The smallest absolute Gasteiger partial charge is 0.274 e. The lowest BCUT2D eigenvalue weighted by Gasteiger charge is -2.33. The SMILES string of the molecule is Cc1ccc(O)c(S(=O)(=O)N2CCN(C(=O)c3cnccn3)CC2)c1. The van der Waals surface area contributed by atoms with Crippen LogP contribution in [0.25, 0.3) is 0 Å². The highest BCUT2D eigenvalue weighted by molar-refractivity contribution is 7.89. The fourth-order valence-corrected chi connectivity index (χ4v) is 4.26. The summed E-state index contributed by atoms with van der Waals surface area (Å²) in [4.78, 5) is 21.6. The van der Waals surface area contributed by atoms with E-state index < -0.39 is 10.0 Å². The molecule has 9 heteroatoms. The van der Waals surface area contributed by atoms with Crippen molar-refractivity contribution in [2.75, 3.05) is 26.2 Å². The van der Waals surface area contributed by atoms with Crippen molar-refractivity contribution in [3.8, 4) is 5.75 Å². The molecule has 0 bridgehead atoms. The second kappa shape index (κ2) is 6.77. The van der Waals surface area contributed by atoms with E-state index in [-0.39, 0.29) is 48.4 Å². The van der Waals surface area contributed by atoms with Crippen LogP contribution in [0.3, 0.4) is 0 Å². The molecule has 1 N–H and O–H groups in total. The lowest BCUT2D eigenvalue weighted by Crippen LogP contribution is -2.50. The molecule has 1 aliphatic rings. The predicted octanol–water partition coefficient (Wildman–Crippen LogP) is 0.637. The molecule has 8 nitrogen and oxygen atoms in total. The van der Waals surface area contributed by atoms with Crippen molar-refractivity contribution in [1.29, 1.82) is 0 Å². The van der Waals surface area contributed by atoms with Gasteiger partial charge in [0.1, 0.15) is 16.3 Å². The average Bonchev–Trinajstić information content (AvgIpc) is 2.64. The van der Waals surface area contributed by atoms with Crippen LogP contribution in [0, 0.1) is 6.92 Å². The van der Waals surface area contributed by atoms with Crippen molar-refractivity contribution in [3.05, 3.63) is 48.0 Å². The van der Waals surface area contributed by atoms with Gasteiger partial charge in [-0.05, 0) is 24.6 Å². The zero-order valence-corrected chi connectivity index (χ0v) is 14.5. The van der Waals surface area contributed by atoms with Gasteiger partial charge in [-0.1, -0.05) is 6.07 Å². The monoisotopic (exact) mass is 362 g/mol. The Balaban J connectivity index is 1.73. The summed E-state index contributed by atoms with van der Waals surface area (Å²) in [6, 6.07) is 4.46. The molecular weight excluding hydrogens is 344 g/mol. The van der Waals surface area contributed by atoms with Gasteiger partial charge in [0.2, 0.25) is 10.0 Å². The summed E-state index contributed by atoms with van der Waals surface area (Å²) >= 11 is 0. The van der Waals surface area contributed by atoms with E-state index in [0.717, 1.165) is 5.56 Å². The first-order valence-corrected chi connectivity index (χ1v) is 9.18. The van der Waals surface area contributed by atoms with Gasteiger partial charge in [-0.2, -0.15) is 4.31 Å². The van der Waals surface area contributed by atoms with Gasteiger partial charge in [0.25, 0.3) is 5.91 Å². The molecule has 25 heavy (non-hydrogen) atoms. The Morgan fingerprint density at radius 3 is 2.52 bits per heavy atom. The number of amides is 1. The number of rotatable bonds is 3. The maximum absolute atomic E-state index is 12.7. The zero-order valence-electron chi connectivity index (χ0n) is 13.7. The van der Waals surface area contributed by atoms with Gasteiger partial charge in [0, 0.05) is 38.6 Å². The molecule has 0 spiro atoms. The molecule has 3 rings (SSSR count). The maximum atomic E-state index is 12.7. The van der Waals surface area contributed by atoms with Gasteiger partial charge in [0.15, 0.2) is 0 Å². The van der Waals surface area contributed by atoms with Crippen molar-refractivity contribution >= 4 is 15.9 Å². The summed E-state index contributed by atoms with van der Waals surface area (Å²) in [5, 5.41) is 9.90. The standard InChI is InChI=1S/C16H18N4O4S/c1-12-2-3-14(21)15(10-12)25(23,24)20-8-6-19(7-9-20)16(22)13-11-17-4-5-18-13/h2-5,10-11,21H,6-9H2,1H3. The molecule has 1 aromatic carbocycles. The normalized spacial score (nSPS) is 16.0. The number of nitrogens with zero attached hydrogens (tertiary/aromatic N) is 4. The number of phenols is 1. The number of piperazine rings is 1. The molecule has 0 radical (unpaired) electrons. The molecule has 1 amide bonds. The molecule has 0 aliphatic carbocycles. The minimum absolute atomic E-state index is 0.110. The first-order chi connectivity index (χ1) is 11.9. The summed E-state index contributed by atoms with van der Waals surface area (Å²) in [5.74, 6) is -0.549. The Morgan fingerprint density at radius 2 is 1.88 bits per heavy atom. The van der Waals surface area contributed by atoms with E-state index in [1.165, 1.54) is 35.0 Å². The van der Waals surface area contributed by atoms with Crippen molar-refractivity contribution < 1.29 is 18.3 Å². The third-order valence-electron chi connectivity index (χ3n) is 4.04. The van der Waals surface area contributed by atoms with Crippen LogP contribution in [0.2, 0.25) is 0 Å². The highest BCUT2D eigenvalue weighted by atomic mass is 32.2. The Labute approximate surface area is 145 Å². The first kappa shape index (κ1) is 17.3. The Morgan fingerprint density at radius 1 is 1.16 bits per heavy atom. The minimum atomic E-state index is -3.81. The number of carbonyl (C=O) groups excluding carboxylic acids is 1. The second-order valence-corrected chi connectivity index (χ2v) is 7.66. The van der Waals surface area contributed by atoms with E-state index in [0.29, 0.717) is 0 Å². The Kier molecular flexibility index (Phi) is 4.69. The molecule has 0 saturated carbocycles. The van der Waals surface area contributed by atoms with Crippen LogP contribution in [0.1, 0.15) is 16.1 Å². The first-order valence-electron chi connectivity index (χ1n) is 7.74. The predicted molar refractivity (Wildman–Crippen MR) is 89.5 cm³/mol. The van der Waals surface area contributed by atoms with Crippen LogP contribution >= 0.6 is 0 Å². The summed E-state index contributed by atoms with van der Waals surface area (Å²) in [7, 11) is -3.81. The van der Waals surface area contributed by atoms with Gasteiger partial charge in [-0.15, -0.1) is 0 Å². The van der Waals surface area contributed by atoms with Gasteiger partial charge in [-0.3, -0.25) is 9.78 Å². The maximum Gasteiger partial charge on any atom is 0.274 e. The van der Waals surface area contributed by atoms with E-state index in [1.807, 2.05) is 0 Å². The zero-order chi connectivity index (χ0) is 18.0. The van der Waals surface area contributed by atoms with E-state index in [9.17, 15) is 18.3 Å². The number of hydrogen-bond donors (Lipinski definition) is 1. The molecule has 2 heterocycles. The van der Waals surface area contributed by atoms with Crippen molar-refractivity contribution in [1.82, 2.24) is 19.2 Å². The third-order valence-corrected chi connectivity index (χ3v) is 5.97. The van der Waals surface area contributed by atoms with Crippen LogP contribution in [-0.2, 0) is 10.0 Å².